The molecule has 2 nitrogen and oxygen atoms in total. The first-order valence-corrected chi connectivity index (χ1v) is 6.60. The molecule has 100 valence electrons. The summed E-state index contributed by atoms with van der Waals surface area (Å²) in [5.74, 6) is -0.867. The van der Waals surface area contributed by atoms with Gasteiger partial charge in [-0.05, 0) is 36.4 Å². The highest BCUT2D eigenvalue weighted by molar-refractivity contribution is 9.10. The fraction of sp³-hybridized carbons (Fsp3) is 0. The minimum absolute atomic E-state index is 0.273. The van der Waals surface area contributed by atoms with Gasteiger partial charge in [-0.1, -0.05) is 15.9 Å². The third kappa shape index (κ3) is 2.63. The van der Waals surface area contributed by atoms with Crippen LogP contribution in [0.2, 0.25) is 0 Å². The Labute approximate surface area is 121 Å². The van der Waals surface area contributed by atoms with Crippen LogP contribution in [-0.2, 0) is 0 Å². The molecule has 0 unspecified atom stereocenters. The minimum atomic E-state index is -0.625. The zero-order chi connectivity index (χ0) is 14.1. The van der Waals surface area contributed by atoms with Crippen molar-refractivity contribution >= 4 is 39.2 Å². The van der Waals surface area contributed by atoms with Crippen molar-refractivity contribution in [3.8, 4) is 0 Å². The van der Waals surface area contributed by atoms with E-state index in [0.29, 0.717) is 17.0 Å². The van der Waals surface area contributed by atoms with Crippen molar-refractivity contribution in [3.63, 3.8) is 0 Å². The SMILES string of the molecule is Fc1ccc(C=Cc2nc3ccc(Br)cc3o2)c(F)c1. The summed E-state index contributed by atoms with van der Waals surface area (Å²) in [5.41, 5.74) is 1.63. The highest BCUT2D eigenvalue weighted by atomic mass is 79.9. The molecule has 0 bridgehead atoms. The van der Waals surface area contributed by atoms with Crippen molar-refractivity contribution in [1.82, 2.24) is 4.98 Å². The molecule has 0 aliphatic heterocycles. The maximum absolute atomic E-state index is 13.5. The molecule has 1 heterocycles. The molecule has 5 heteroatoms. The summed E-state index contributed by atoms with van der Waals surface area (Å²) in [4.78, 5) is 4.25. The normalized spacial score (nSPS) is 11.6. The van der Waals surface area contributed by atoms with Crippen molar-refractivity contribution in [2.45, 2.75) is 0 Å². The van der Waals surface area contributed by atoms with Crippen molar-refractivity contribution in [2.24, 2.45) is 0 Å². The number of halogens is 3. The Balaban J connectivity index is 1.94. The highest BCUT2D eigenvalue weighted by Crippen LogP contribution is 2.21. The maximum atomic E-state index is 13.5. The first-order chi connectivity index (χ1) is 9.61. The van der Waals surface area contributed by atoms with Gasteiger partial charge in [0.2, 0.25) is 5.89 Å². The number of fused-ring (bicyclic) bond motifs is 1. The Morgan fingerprint density at radius 2 is 1.90 bits per heavy atom. The molecule has 0 atom stereocenters. The monoisotopic (exact) mass is 335 g/mol. The lowest BCUT2D eigenvalue weighted by atomic mass is 10.2. The van der Waals surface area contributed by atoms with Gasteiger partial charge in [-0.25, -0.2) is 13.8 Å². The number of nitrogens with zero attached hydrogens (tertiary/aromatic N) is 1. The van der Waals surface area contributed by atoms with E-state index in [0.717, 1.165) is 10.5 Å². The van der Waals surface area contributed by atoms with E-state index in [1.54, 1.807) is 12.1 Å². The number of oxazole rings is 1. The summed E-state index contributed by atoms with van der Waals surface area (Å²) >= 11 is 3.34. The van der Waals surface area contributed by atoms with E-state index in [1.807, 2.05) is 12.1 Å². The molecule has 0 aliphatic rings. The summed E-state index contributed by atoms with van der Waals surface area (Å²) in [6, 6.07) is 8.88. The molecule has 3 rings (SSSR count). The van der Waals surface area contributed by atoms with Crippen LogP contribution in [0.25, 0.3) is 23.3 Å². The molecule has 0 spiro atoms. The second-order valence-corrected chi connectivity index (χ2v) is 5.08. The van der Waals surface area contributed by atoms with E-state index < -0.39 is 11.6 Å². The van der Waals surface area contributed by atoms with Crippen LogP contribution in [0.3, 0.4) is 0 Å². The third-order valence-corrected chi connectivity index (χ3v) is 3.23. The van der Waals surface area contributed by atoms with Crippen LogP contribution >= 0.6 is 15.9 Å². The molecule has 0 aliphatic carbocycles. The summed E-state index contributed by atoms with van der Waals surface area (Å²) in [6.45, 7) is 0. The second-order valence-electron chi connectivity index (χ2n) is 4.16. The molecule has 2 aromatic carbocycles. The number of benzene rings is 2. The van der Waals surface area contributed by atoms with E-state index in [-0.39, 0.29) is 5.56 Å². The first-order valence-electron chi connectivity index (χ1n) is 5.81. The van der Waals surface area contributed by atoms with Gasteiger partial charge in [0.25, 0.3) is 0 Å². The smallest absolute Gasteiger partial charge is 0.220 e. The van der Waals surface area contributed by atoms with E-state index in [1.165, 1.54) is 18.2 Å². The highest BCUT2D eigenvalue weighted by Gasteiger charge is 2.04. The summed E-state index contributed by atoms with van der Waals surface area (Å²) in [7, 11) is 0. The van der Waals surface area contributed by atoms with Crippen LogP contribution < -0.4 is 0 Å². The van der Waals surface area contributed by atoms with Gasteiger partial charge in [0.05, 0.1) is 0 Å². The maximum Gasteiger partial charge on any atom is 0.220 e. The van der Waals surface area contributed by atoms with E-state index in [9.17, 15) is 8.78 Å². The molecule has 0 N–H and O–H groups in total. The summed E-state index contributed by atoms with van der Waals surface area (Å²) < 4.78 is 32.7. The molecule has 3 aromatic rings. The van der Waals surface area contributed by atoms with Crippen LogP contribution in [0.1, 0.15) is 11.5 Å². The van der Waals surface area contributed by atoms with Gasteiger partial charge >= 0.3 is 0 Å². The number of aromatic nitrogens is 1. The van der Waals surface area contributed by atoms with Gasteiger partial charge < -0.3 is 4.42 Å². The fourth-order valence-corrected chi connectivity index (χ4v) is 2.13. The minimum Gasteiger partial charge on any atom is -0.437 e. The summed E-state index contributed by atoms with van der Waals surface area (Å²) in [5, 5.41) is 0. The Bertz CT molecular complexity index is 811. The first kappa shape index (κ1) is 13.0. The average Bonchev–Trinajstić information content (AvgIpc) is 2.79. The largest absolute Gasteiger partial charge is 0.437 e. The van der Waals surface area contributed by atoms with Gasteiger partial charge in [0, 0.05) is 22.2 Å². The van der Waals surface area contributed by atoms with Gasteiger partial charge in [0.1, 0.15) is 17.2 Å². The fourth-order valence-electron chi connectivity index (χ4n) is 1.79. The van der Waals surface area contributed by atoms with Crippen LogP contribution in [0.15, 0.2) is 45.3 Å². The number of hydrogen-bond acceptors (Lipinski definition) is 2. The van der Waals surface area contributed by atoms with Gasteiger partial charge in [-0.15, -0.1) is 0 Å². The molecular formula is C15H8BrF2NO. The van der Waals surface area contributed by atoms with Crippen LogP contribution in [0.4, 0.5) is 8.78 Å². The van der Waals surface area contributed by atoms with E-state index >= 15 is 0 Å². The number of hydrogen-bond donors (Lipinski definition) is 0. The van der Waals surface area contributed by atoms with Crippen LogP contribution in [-0.4, -0.2) is 4.98 Å². The molecule has 1 aromatic heterocycles. The molecule has 0 radical (unpaired) electrons. The Morgan fingerprint density at radius 1 is 1.05 bits per heavy atom. The van der Waals surface area contributed by atoms with Crippen LogP contribution in [0, 0.1) is 11.6 Å². The second kappa shape index (κ2) is 5.17. The lowest BCUT2D eigenvalue weighted by Crippen LogP contribution is -1.83. The Kier molecular flexibility index (Phi) is 3.36. The quantitative estimate of drug-likeness (QED) is 0.655. The lowest BCUT2D eigenvalue weighted by Gasteiger charge is -1.95. The predicted octanol–water partition coefficient (Wildman–Crippen LogP) is 5.04. The molecule has 0 amide bonds. The standard InChI is InChI=1S/C15H8BrF2NO/c16-10-3-5-13-14(7-10)20-15(19-13)6-2-9-1-4-11(17)8-12(9)18/h1-8H. The van der Waals surface area contributed by atoms with E-state index in [4.69, 9.17) is 4.42 Å². The summed E-state index contributed by atoms with van der Waals surface area (Å²) in [6.07, 6.45) is 3.04. The van der Waals surface area contributed by atoms with E-state index in [2.05, 4.69) is 20.9 Å². The lowest BCUT2D eigenvalue weighted by molar-refractivity contribution is 0.581. The Morgan fingerprint density at radius 3 is 2.70 bits per heavy atom. The van der Waals surface area contributed by atoms with Gasteiger partial charge in [-0.2, -0.15) is 0 Å². The predicted molar refractivity (Wildman–Crippen MR) is 77.0 cm³/mol. The topological polar surface area (TPSA) is 26.0 Å². The van der Waals surface area contributed by atoms with Crippen molar-refractivity contribution in [1.29, 1.82) is 0 Å². The third-order valence-electron chi connectivity index (χ3n) is 2.73. The molecule has 20 heavy (non-hydrogen) atoms. The van der Waals surface area contributed by atoms with Crippen molar-refractivity contribution in [2.75, 3.05) is 0 Å². The molecule has 0 fully saturated rings. The zero-order valence-electron chi connectivity index (χ0n) is 10.1. The van der Waals surface area contributed by atoms with Gasteiger partial charge in [-0.3, -0.25) is 0 Å². The van der Waals surface area contributed by atoms with Crippen molar-refractivity contribution in [3.05, 3.63) is 64.0 Å². The number of rotatable bonds is 2. The molecule has 0 saturated carbocycles. The molecular weight excluding hydrogens is 328 g/mol. The average molecular weight is 336 g/mol. The van der Waals surface area contributed by atoms with Crippen molar-refractivity contribution < 1.29 is 13.2 Å². The molecule has 0 saturated heterocycles. The van der Waals surface area contributed by atoms with Crippen LogP contribution in [0.5, 0.6) is 0 Å². The zero-order valence-corrected chi connectivity index (χ0v) is 11.7. The Hall–Kier alpha value is -2.01. The van der Waals surface area contributed by atoms with Gasteiger partial charge in [0.15, 0.2) is 5.58 Å².